The lowest BCUT2D eigenvalue weighted by atomic mass is 9.97. The summed E-state index contributed by atoms with van der Waals surface area (Å²) in [7, 11) is 0. The largest absolute Gasteiger partial charge is 0.492 e. The molecule has 0 fully saturated rings. The molecule has 4 aromatic carbocycles. The van der Waals surface area contributed by atoms with Gasteiger partial charge in [-0.1, -0.05) is 86.6 Å². The van der Waals surface area contributed by atoms with E-state index in [1.165, 1.54) is 40.8 Å². The predicted octanol–water partition coefficient (Wildman–Crippen LogP) is -2.47. The number of carboxylic acid groups (broad SMARTS) is 1. The fraction of sp³-hybridized carbons (Fsp3) is 0.487. The number of nitrogens with two attached hydrogens (primary N) is 5. The molecule has 0 unspecified atom stereocenters. The lowest BCUT2D eigenvalue weighted by molar-refractivity contribution is -0.139. The van der Waals surface area contributed by atoms with Crippen molar-refractivity contribution < 1.29 is 96.5 Å². The van der Waals surface area contributed by atoms with Crippen molar-refractivity contribution in [1.29, 1.82) is 0 Å². The molecule has 25 N–H and O–H groups in total. The van der Waals surface area contributed by atoms with Gasteiger partial charge in [-0.3, -0.25) is 81.5 Å². The SMILES string of the molecule is CC(=O)N[C@H](C(=O)N[C@@H](CCC(N)=O)C(=O)N[C@H](C(=O)N[C@@H](Cc1c[nH]c2ccccc12)C(=O)N[C@@H](CCC(N)=O)C(=O)N[C@H](C(=O)N[C@@H](Cc1ccc(OCCN)cc1)C(=O)N[C@@H](Cc1ccc2ccccc2c1)C(=O)N[C@@H](CCC(C)C)C(=O)N[C@@H](CCC(=O)O)C(=O)N[C@@H](CC(N)=O)C(=O)N[C@@H](C)C(N)=O)C(C)(C)S)[C@@H](C)O)C(C)(C)S. The number of thiol groups is 2. The van der Waals surface area contributed by atoms with Crippen molar-refractivity contribution in [2.45, 2.75) is 227 Å². The van der Waals surface area contributed by atoms with Crippen LogP contribution in [-0.4, -0.2) is 217 Å². The van der Waals surface area contributed by atoms with E-state index in [4.69, 9.17) is 46.0 Å². The van der Waals surface area contributed by atoms with Crippen LogP contribution in [0, 0.1) is 5.92 Å². The Morgan fingerprint density at radius 3 is 1.38 bits per heavy atom. The first-order valence-corrected chi connectivity index (χ1v) is 39.7. The summed E-state index contributed by atoms with van der Waals surface area (Å²) in [6, 6.07) is 5.49. The first kappa shape index (κ1) is 98.7. The molecule has 1 heterocycles. The van der Waals surface area contributed by atoms with Crippen LogP contribution in [0.25, 0.3) is 21.7 Å². The highest BCUT2D eigenvalue weighted by Crippen LogP contribution is 2.25. The number of ether oxygens (including phenoxy) is 1. The summed E-state index contributed by atoms with van der Waals surface area (Å²) < 4.78 is 2.85. The molecular weight excluding hydrogens is 1600 g/mol. The van der Waals surface area contributed by atoms with E-state index in [1.807, 2.05) is 19.9 Å². The molecule has 38 nitrogen and oxygen atoms in total. The van der Waals surface area contributed by atoms with Gasteiger partial charge in [-0.25, -0.2) is 0 Å². The number of carbonyl (C=O) groups excluding carboxylic acids is 16. The number of carbonyl (C=O) groups is 17. The molecule has 0 saturated carbocycles. The third-order valence-corrected chi connectivity index (χ3v) is 19.5. The maximum absolute atomic E-state index is 15.5. The third kappa shape index (κ3) is 32.4. The summed E-state index contributed by atoms with van der Waals surface area (Å²) in [5.41, 5.74) is 29.4. The highest BCUT2D eigenvalue weighted by atomic mass is 32.1. The number of aliphatic hydroxyl groups is 1. The van der Waals surface area contributed by atoms with Crippen molar-refractivity contribution in [3.8, 4) is 5.75 Å². The van der Waals surface area contributed by atoms with Gasteiger partial charge >= 0.3 is 5.97 Å². The van der Waals surface area contributed by atoms with Crippen molar-refractivity contribution >= 4 is 147 Å². The van der Waals surface area contributed by atoms with E-state index in [0.29, 0.717) is 38.7 Å². The van der Waals surface area contributed by atoms with Gasteiger partial charge in [-0.2, -0.15) is 25.3 Å². The second kappa shape index (κ2) is 46.4. The molecule has 0 aliphatic carbocycles. The van der Waals surface area contributed by atoms with Crippen LogP contribution in [0.2, 0.25) is 0 Å². The number of rotatable bonds is 50. The van der Waals surface area contributed by atoms with Gasteiger partial charge < -0.3 is 112 Å². The molecular formula is C80H112N18O20S2. The van der Waals surface area contributed by atoms with Gasteiger partial charge in [0.15, 0.2) is 0 Å². The summed E-state index contributed by atoms with van der Waals surface area (Å²) >= 11 is 9.17. The van der Waals surface area contributed by atoms with Crippen molar-refractivity contribution in [2.24, 2.45) is 34.6 Å². The summed E-state index contributed by atoms with van der Waals surface area (Å²) in [6.45, 7) is 13.2. The number of aromatic amines is 1. The molecule has 0 spiro atoms. The van der Waals surface area contributed by atoms with E-state index in [0.717, 1.165) is 19.2 Å². The number of primary amides is 4. The maximum Gasteiger partial charge on any atom is 0.303 e. The second-order valence-corrected chi connectivity index (χ2v) is 33.1. The molecule has 0 radical (unpaired) electrons. The molecule has 654 valence electrons. The normalized spacial score (nSPS) is 14.7. The van der Waals surface area contributed by atoms with Gasteiger partial charge in [0, 0.05) is 78.6 Å². The zero-order chi connectivity index (χ0) is 89.6. The van der Waals surface area contributed by atoms with Gasteiger partial charge in [0.25, 0.3) is 0 Å². The van der Waals surface area contributed by atoms with Gasteiger partial charge in [-0.15, -0.1) is 0 Å². The van der Waals surface area contributed by atoms with E-state index in [1.54, 1.807) is 84.9 Å². The zero-order valence-electron chi connectivity index (χ0n) is 68.2. The Hall–Kier alpha value is -11.9. The average molecular weight is 1710 g/mol. The second-order valence-electron chi connectivity index (χ2n) is 30.7. The van der Waals surface area contributed by atoms with Gasteiger partial charge in [0.1, 0.15) is 84.9 Å². The molecule has 0 aliphatic rings. The number of aromatic nitrogens is 1. The Morgan fingerprint density at radius 1 is 0.450 bits per heavy atom. The quantitative estimate of drug-likeness (QED) is 0.0180. The summed E-state index contributed by atoms with van der Waals surface area (Å²) in [6.07, 6.45) is -5.39. The minimum atomic E-state index is -1.94. The molecule has 0 saturated heterocycles. The molecule has 40 heteroatoms. The van der Waals surface area contributed by atoms with Crippen molar-refractivity contribution in [3.05, 3.63) is 114 Å². The predicted molar refractivity (Wildman–Crippen MR) is 447 cm³/mol. The maximum atomic E-state index is 15.5. The van der Waals surface area contributed by atoms with Crippen molar-refractivity contribution in [2.75, 3.05) is 13.2 Å². The minimum absolute atomic E-state index is 0.128. The number of fused-ring (bicyclic) bond motifs is 2. The van der Waals surface area contributed by atoms with E-state index in [9.17, 15) is 67.7 Å². The highest BCUT2D eigenvalue weighted by molar-refractivity contribution is 7.82. The number of carboxylic acids is 1. The first-order chi connectivity index (χ1) is 56.2. The molecule has 16 amide bonds. The van der Waals surface area contributed by atoms with Gasteiger partial charge in [0.2, 0.25) is 94.5 Å². The van der Waals surface area contributed by atoms with Crippen LogP contribution in [0.4, 0.5) is 0 Å². The van der Waals surface area contributed by atoms with Crippen LogP contribution in [0.1, 0.15) is 137 Å². The zero-order valence-corrected chi connectivity index (χ0v) is 70.0. The number of H-pyrrole nitrogens is 1. The van der Waals surface area contributed by atoms with E-state index < -0.39 is 234 Å². The molecule has 0 aliphatic heterocycles. The number of aliphatic hydroxyl groups excluding tert-OH is 1. The monoisotopic (exact) mass is 1710 g/mol. The van der Waals surface area contributed by atoms with E-state index >= 15 is 24.0 Å². The molecule has 120 heavy (non-hydrogen) atoms. The molecule has 5 rings (SSSR count). The Labute approximate surface area is 704 Å². The van der Waals surface area contributed by atoms with E-state index in [2.05, 4.69) is 81.4 Å². The third-order valence-electron chi connectivity index (χ3n) is 19.0. The number of hydrogen-bond donors (Lipinski definition) is 22. The van der Waals surface area contributed by atoms with Crippen molar-refractivity contribution in [1.82, 2.24) is 68.8 Å². The van der Waals surface area contributed by atoms with Gasteiger partial charge in [0.05, 0.1) is 12.5 Å². The summed E-state index contributed by atoms with van der Waals surface area (Å²) in [4.78, 5) is 237. The molecule has 13 atom stereocenters. The standard InChI is InChI=1S/C80H112N18O20S2/c1-40(2)18-25-52(68(107)89-55(28-31-63(104)105)69(108)94-59(38-62(84)103)72(111)87-41(3)67(85)106)90-73(112)57(36-45-19-22-46-14-10-11-15-47(46)34-45)93-74(113)56(35-44-20-23-49(24-21-44)118-33-32-81)96-78(117)66(80(8,9)120)98-71(110)54(27-30-61(83)102)91-75(114)58(37-48-39-86-51-17-13-12-16-50(48)51)95-76(115)64(42(4)99)97-70(109)53(26-29-60(82)101)92-77(116)65(79(6,7)119)88-43(5)100/h10-17,19-24,34,39-42,52-59,64-66,86,99,119-120H,18,25-33,35-38,81H2,1-9H3,(H2,82,101)(H2,83,102)(H2,84,103)(H2,85,106)(H,87,111)(H,88,100)(H,89,107)(H,90,112)(H,91,114)(H,92,116)(H,93,113)(H,94,108)(H,95,115)(H,96,117)(H,97,109)(H,98,110)(H,104,105)/t41-,42+,52-,53-,54-,55-,56-,57-,58-,59-,64-,65+,66+/m0/s1. The Balaban J connectivity index is 1.56. The number of nitrogens with one attached hydrogen (secondary N) is 13. The Kier molecular flexibility index (Phi) is 38.2. The number of hydrogen-bond acceptors (Lipinski definition) is 22. The highest BCUT2D eigenvalue weighted by Gasteiger charge is 2.42. The number of benzene rings is 4. The lowest BCUT2D eigenvalue weighted by Gasteiger charge is -2.33. The first-order valence-electron chi connectivity index (χ1n) is 38.8. The number of aliphatic carboxylic acids is 1. The fourth-order valence-corrected chi connectivity index (χ4v) is 12.8. The minimum Gasteiger partial charge on any atom is -0.492 e. The number of amides is 16. The summed E-state index contributed by atoms with van der Waals surface area (Å²) in [5, 5.41) is 53.2. The number of para-hydroxylation sites is 1. The molecule has 0 bridgehead atoms. The smallest absolute Gasteiger partial charge is 0.303 e. The van der Waals surface area contributed by atoms with E-state index in [-0.39, 0.29) is 51.2 Å². The molecule has 5 aromatic rings. The van der Waals surface area contributed by atoms with Crippen LogP contribution in [0.5, 0.6) is 5.75 Å². The van der Waals surface area contributed by atoms with Crippen LogP contribution < -0.4 is 97.2 Å². The molecule has 1 aromatic heterocycles. The van der Waals surface area contributed by atoms with Crippen LogP contribution in [0.15, 0.2) is 97.2 Å². The topological polar surface area (TPSA) is 630 Å². The Bertz CT molecular complexity index is 4510. The lowest BCUT2D eigenvalue weighted by Crippen LogP contribution is -2.64. The van der Waals surface area contributed by atoms with Crippen LogP contribution in [0.3, 0.4) is 0 Å². The van der Waals surface area contributed by atoms with Crippen LogP contribution in [-0.2, 0) is 101 Å². The van der Waals surface area contributed by atoms with Crippen molar-refractivity contribution in [3.63, 3.8) is 0 Å². The fourth-order valence-electron chi connectivity index (χ4n) is 12.5. The summed E-state index contributed by atoms with van der Waals surface area (Å²) in [5.74, 6) is -17.7. The average Bonchev–Trinajstić information content (AvgIpc) is 1.57. The Morgan fingerprint density at radius 2 is 0.875 bits per heavy atom. The van der Waals surface area contributed by atoms with Gasteiger partial charge in [-0.05, 0) is 125 Å². The van der Waals surface area contributed by atoms with Crippen LogP contribution >= 0.6 is 25.3 Å².